The van der Waals surface area contributed by atoms with Gasteiger partial charge in [-0.2, -0.15) is 0 Å². The summed E-state index contributed by atoms with van der Waals surface area (Å²) < 4.78 is 17.0. The molecule has 0 saturated heterocycles. The molecule has 0 amide bonds. The molecule has 168 valence electrons. The van der Waals surface area contributed by atoms with Crippen molar-refractivity contribution < 1.29 is 23.9 Å². The zero-order valence-electron chi connectivity index (χ0n) is 18.6. The van der Waals surface area contributed by atoms with E-state index in [2.05, 4.69) is 4.99 Å². The van der Waals surface area contributed by atoms with Crippen molar-refractivity contribution in [1.82, 2.24) is 0 Å². The van der Waals surface area contributed by atoms with Gasteiger partial charge in [-0.3, -0.25) is 10.1 Å². The molecule has 0 aliphatic rings. The summed E-state index contributed by atoms with van der Waals surface area (Å²) in [6.07, 6.45) is 0. The molecule has 0 saturated carbocycles. The maximum absolute atomic E-state index is 11.0. The van der Waals surface area contributed by atoms with Gasteiger partial charge in [-0.25, -0.2) is 4.99 Å². The Morgan fingerprint density at radius 3 is 2.39 bits per heavy atom. The number of ether oxygens (including phenoxy) is 2. The van der Waals surface area contributed by atoms with E-state index < -0.39 is 4.92 Å². The number of non-ortho nitro benzene ring substituents is 1. The molecule has 33 heavy (non-hydrogen) atoms. The molecule has 8 nitrogen and oxygen atoms in total. The van der Waals surface area contributed by atoms with Gasteiger partial charge >= 0.3 is 0 Å². The average Bonchev–Trinajstić information content (AvgIpc) is 2.79. The van der Waals surface area contributed by atoms with Crippen LogP contribution in [-0.4, -0.2) is 24.2 Å². The van der Waals surface area contributed by atoms with E-state index in [-0.39, 0.29) is 17.1 Å². The van der Waals surface area contributed by atoms with E-state index in [0.29, 0.717) is 28.2 Å². The maximum Gasteiger partial charge on any atom is 0.273 e. The predicted molar refractivity (Wildman–Crippen MR) is 124 cm³/mol. The fourth-order valence-electron chi connectivity index (χ4n) is 3.75. The van der Waals surface area contributed by atoms with Crippen LogP contribution in [0, 0.1) is 24.0 Å². The van der Waals surface area contributed by atoms with Crippen LogP contribution in [0.25, 0.3) is 22.3 Å². The van der Waals surface area contributed by atoms with Crippen molar-refractivity contribution >= 4 is 22.3 Å². The summed E-state index contributed by atoms with van der Waals surface area (Å²) in [6, 6.07) is 15.0. The van der Waals surface area contributed by atoms with Crippen LogP contribution in [-0.2, 0) is 0 Å². The summed E-state index contributed by atoms with van der Waals surface area (Å²) in [5.41, 5.74) is 3.35. The Bertz CT molecular complexity index is 1460. The Morgan fingerprint density at radius 2 is 1.73 bits per heavy atom. The van der Waals surface area contributed by atoms with Crippen LogP contribution >= 0.6 is 0 Å². The first-order valence-electron chi connectivity index (χ1n) is 10.1. The third-order valence-corrected chi connectivity index (χ3v) is 5.27. The minimum atomic E-state index is -0.567. The number of fused-ring (bicyclic) bond motifs is 1. The second kappa shape index (κ2) is 8.66. The van der Waals surface area contributed by atoms with Gasteiger partial charge in [0.1, 0.15) is 22.8 Å². The molecule has 0 bridgehead atoms. The fraction of sp³-hybridized carbons (Fsp3) is 0.160. The highest BCUT2D eigenvalue weighted by Gasteiger charge is 2.14. The summed E-state index contributed by atoms with van der Waals surface area (Å²) in [5, 5.41) is 22.7. The molecule has 1 N–H and O–H groups in total. The van der Waals surface area contributed by atoms with Gasteiger partial charge in [-0.05, 0) is 55.3 Å². The minimum Gasteiger partial charge on any atom is -0.505 e. The number of nitrogens with zero attached hydrogens (tertiary/aromatic N) is 2. The van der Waals surface area contributed by atoms with Gasteiger partial charge in [0.25, 0.3) is 5.69 Å². The summed E-state index contributed by atoms with van der Waals surface area (Å²) in [5.74, 6) is 1.40. The largest absolute Gasteiger partial charge is 0.505 e. The Morgan fingerprint density at radius 1 is 0.970 bits per heavy atom. The second-order valence-corrected chi connectivity index (χ2v) is 7.56. The lowest BCUT2D eigenvalue weighted by Crippen LogP contribution is -2.05. The third kappa shape index (κ3) is 4.23. The van der Waals surface area contributed by atoms with Crippen LogP contribution in [0.3, 0.4) is 0 Å². The SMILES string of the molecule is COc1ccc(-c2cc(=Nc3ccc([N+](=O)[O-])cc3O)c3c(C)cc(C)cc3o2)cc1OC. The third-order valence-electron chi connectivity index (χ3n) is 5.27. The maximum atomic E-state index is 11.0. The molecule has 0 aliphatic heterocycles. The van der Waals surface area contributed by atoms with Crippen molar-refractivity contribution in [3.05, 3.63) is 81.2 Å². The molecule has 3 aromatic carbocycles. The molecule has 4 rings (SSSR count). The Balaban J connectivity index is 2.00. The first kappa shape index (κ1) is 21.9. The van der Waals surface area contributed by atoms with E-state index in [4.69, 9.17) is 13.9 Å². The number of aryl methyl sites for hydroxylation is 2. The molecule has 0 unspecified atom stereocenters. The first-order valence-corrected chi connectivity index (χ1v) is 10.1. The number of nitro groups is 1. The van der Waals surface area contributed by atoms with E-state index in [9.17, 15) is 15.2 Å². The van der Waals surface area contributed by atoms with Crippen molar-refractivity contribution in [3.8, 4) is 28.6 Å². The summed E-state index contributed by atoms with van der Waals surface area (Å²) in [4.78, 5) is 15.1. The quantitative estimate of drug-likeness (QED) is 0.317. The normalized spacial score (nSPS) is 11.6. The van der Waals surface area contributed by atoms with Gasteiger partial charge in [0.15, 0.2) is 11.5 Å². The van der Waals surface area contributed by atoms with E-state index >= 15 is 0 Å². The predicted octanol–water partition coefficient (Wildman–Crippen LogP) is 5.58. The van der Waals surface area contributed by atoms with Gasteiger partial charge in [-0.1, -0.05) is 6.07 Å². The highest BCUT2D eigenvalue weighted by atomic mass is 16.6. The Hall–Kier alpha value is -4.33. The topological polar surface area (TPSA) is 107 Å². The number of rotatable bonds is 5. The number of methoxy groups -OCH3 is 2. The van der Waals surface area contributed by atoms with Crippen LogP contribution in [0.4, 0.5) is 11.4 Å². The lowest BCUT2D eigenvalue weighted by molar-refractivity contribution is -0.384. The first-order chi connectivity index (χ1) is 15.8. The van der Waals surface area contributed by atoms with Gasteiger partial charge < -0.3 is 19.0 Å². The average molecular weight is 446 g/mol. The molecule has 0 aliphatic carbocycles. The van der Waals surface area contributed by atoms with Crippen LogP contribution in [0.5, 0.6) is 17.2 Å². The number of hydrogen-bond acceptors (Lipinski definition) is 7. The fourth-order valence-corrected chi connectivity index (χ4v) is 3.75. The van der Waals surface area contributed by atoms with Crippen molar-refractivity contribution in [3.63, 3.8) is 0 Å². The van der Waals surface area contributed by atoms with Crippen molar-refractivity contribution in [2.24, 2.45) is 4.99 Å². The molecule has 1 heterocycles. The number of benzene rings is 3. The van der Waals surface area contributed by atoms with Gasteiger partial charge in [0.2, 0.25) is 0 Å². The highest BCUT2D eigenvalue weighted by Crippen LogP contribution is 2.34. The number of phenols is 1. The zero-order valence-corrected chi connectivity index (χ0v) is 18.6. The standard InChI is InChI=1S/C25H22N2O6/c1-14-9-15(2)25-19(26-18-7-6-17(27(29)30)12-20(18)28)13-22(33-24(25)10-14)16-5-8-21(31-3)23(11-16)32-4/h5-13,28H,1-4H3. The molecular formula is C25H22N2O6. The van der Waals surface area contributed by atoms with Crippen LogP contribution in [0.2, 0.25) is 0 Å². The summed E-state index contributed by atoms with van der Waals surface area (Å²) in [7, 11) is 3.13. The lowest BCUT2D eigenvalue weighted by atomic mass is 10.0. The minimum absolute atomic E-state index is 0.211. The number of nitro benzene ring substituents is 1. The van der Waals surface area contributed by atoms with Gasteiger partial charge in [0, 0.05) is 23.1 Å². The van der Waals surface area contributed by atoms with Crippen LogP contribution in [0.1, 0.15) is 11.1 Å². The molecule has 0 atom stereocenters. The molecule has 0 radical (unpaired) electrons. The Kier molecular flexibility index (Phi) is 5.74. The van der Waals surface area contributed by atoms with Gasteiger partial charge in [0.05, 0.1) is 30.6 Å². The lowest BCUT2D eigenvalue weighted by Gasteiger charge is -2.11. The van der Waals surface area contributed by atoms with Crippen LogP contribution in [0.15, 0.2) is 64.0 Å². The monoisotopic (exact) mass is 446 g/mol. The van der Waals surface area contributed by atoms with E-state index in [0.717, 1.165) is 28.1 Å². The highest BCUT2D eigenvalue weighted by molar-refractivity contribution is 5.83. The molecule has 4 aromatic rings. The van der Waals surface area contributed by atoms with E-state index in [1.165, 1.54) is 12.1 Å². The molecular weight excluding hydrogens is 424 g/mol. The number of hydrogen-bond donors (Lipinski definition) is 1. The molecule has 1 aromatic heterocycles. The summed E-state index contributed by atoms with van der Waals surface area (Å²) in [6.45, 7) is 3.93. The van der Waals surface area contributed by atoms with Crippen molar-refractivity contribution in [1.29, 1.82) is 0 Å². The van der Waals surface area contributed by atoms with Crippen molar-refractivity contribution in [2.75, 3.05) is 14.2 Å². The molecule has 0 fully saturated rings. The van der Waals surface area contributed by atoms with Crippen molar-refractivity contribution in [2.45, 2.75) is 13.8 Å². The molecule has 8 heteroatoms. The van der Waals surface area contributed by atoms with Gasteiger partial charge in [-0.15, -0.1) is 0 Å². The van der Waals surface area contributed by atoms with E-state index in [1.807, 2.05) is 32.0 Å². The van der Waals surface area contributed by atoms with Crippen LogP contribution < -0.4 is 14.8 Å². The summed E-state index contributed by atoms with van der Waals surface area (Å²) >= 11 is 0. The Labute approximate surface area is 189 Å². The number of aromatic hydroxyl groups is 1. The second-order valence-electron chi connectivity index (χ2n) is 7.56. The van der Waals surface area contributed by atoms with E-state index in [1.54, 1.807) is 32.4 Å². The smallest absolute Gasteiger partial charge is 0.273 e. The molecule has 0 spiro atoms. The number of phenolic OH excluding ortho intramolecular Hbond substituents is 1. The zero-order chi connectivity index (χ0) is 23.7.